The van der Waals surface area contributed by atoms with Crippen LogP contribution in [0.5, 0.6) is 0 Å². The van der Waals surface area contributed by atoms with Crippen molar-refractivity contribution in [1.29, 1.82) is 0 Å². The van der Waals surface area contributed by atoms with Crippen molar-refractivity contribution in [3.8, 4) is 0 Å². The minimum absolute atomic E-state index is 0.185. The number of benzene rings is 1. The number of carboxylic acid groups (broad SMARTS) is 1. The lowest BCUT2D eigenvalue weighted by molar-refractivity contribution is -0.139. The Kier molecular flexibility index (Phi) is 6.95. The Bertz CT molecular complexity index is 557. The van der Waals surface area contributed by atoms with Crippen molar-refractivity contribution in [2.75, 3.05) is 0 Å². The number of thioether (sulfide) groups is 1. The number of carbonyl (C=O) groups is 2. The van der Waals surface area contributed by atoms with Crippen LogP contribution >= 0.6 is 23.4 Å². The van der Waals surface area contributed by atoms with Crippen LogP contribution in [0.4, 0.5) is 0 Å². The minimum Gasteiger partial charge on any atom is -0.480 e. The standard InChI is InChI=1S/C17H23ClO3S/c1-11(2)9-14-6-5-13(10-15(14)18)7-8-17(4,16(20)21)22-12(3)19/h5-6,10-11H,7-9H2,1-4H3,(H,20,21). The smallest absolute Gasteiger partial charge is 0.319 e. The van der Waals surface area contributed by atoms with E-state index >= 15 is 0 Å². The Labute approximate surface area is 141 Å². The van der Waals surface area contributed by atoms with Gasteiger partial charge in [0.05, 0.1) is 0 Å². The summed E-state index contributed by atoms with van der Waals surface area (Å²) in [6, 6.07) is 5.90. The molecule has 1 atom stereocenters. The predicted octanol–water partition coefficient (Wildman–Crippen LogP) is 4.59. The van der Waals surface area contributed by atoms with Crippen LogP contribution in [0.25, 0.3) is 0 Å². The highest BCUT2D eigenvalue weighted by Crippen LogP contribution is 2.32. The van der Waals surface area contributed by atoms with Crippen LogP contribution in [0.15, 0.2) is 18.2 Å². The van der Waals surface area contributed by atoms with Gasteiger partial charge in [-0.3, -0.25) is 9.59 Å². The molecule has 0 bridgehead atoms. The van der Waals surface area contributed by atoms with Gasteiger partial charge in [0.25, 0.3) is 0 Å². The van der Waals surface area contributed by atoms with Gasteiger partial charge >= 0.3 is 5.97 Å². The van der Waals surface area contributed by atoms with Crippen molar-refractivity contribution in [3.63, 3.8) is 0 Å². The maximum Gasteiger partial charge on any atom is 0.319 e. The van der Waals surface area contributed by atoms with E-state index in [1.54, 1.807) is 6.92 Å². The van der Waals surface area contributed by atoms with E-state index in [0.29, 0.717) is 18.8 Å². The molecule has 1 aromatic carbocycles. The second-order valence-corrected chi connectivity index (χ2v) is 8.24. The van der Waals surface area contributed by atoms with Gasteiger partial charge in [-0.1, -0.05) is 49.3 Å². The number of hydrogen-bond donors (Lipinski definition) is 1. The van der Waals surface area contributed by atoms with Crippen LogP contribution in [0.1, 0.15) is 45.2 Å². The fourth-order valence-corrected chi connectivity index (χ4v) is 3.46. The van der Waals surface area contributed by atoms with E-state index in [9.17, 15) is 14.7 Å². The normalized spacial score (nSPS) is 13.9. The number of aryl methyl sites for hydroxylation is 1. The Hall–Kier alpha value is -1.00. The summed E-state index contributed by atoms with van der Waals surface area (Å²) in [6.07, 6.45) is 1.88. The lowest BCUT2D eigenvalue weighted by atomic mass is 9.97. The Morgan fingerprint density at radius 3 is 2.45 bits per heavy atom. The second-order valence-electron chi connectivity index (χ2n) is 6.15. The zero-order valence-electron chi connectivity index (χ0n) is 13.5. The molecule has 0 aliphatic heterocycles. The monoisotopic (exact) mass is 342 g/mol. The van der Waals surface area contributed by atoms with Crippen molar-refractivity contribution >= 4 is 34.4 Å². The van der Waals surface area contributed by atoms with Crippen LogP contribution in [0, 0.1) is 5.92 Å². The summed E-state index contributed by atoms with van der Waals surface area (Å²) in [7, 11) is 0. The third kappa shape index (κ3) is 5.65. The molecule has 3 nitrogen and oxygen atoms in total. The fourth-order valence-electron chi connectivity index (χ4n) is 2.25. The molecule has 0 saturated heterocycles. The quantitative estimate of drug-likeness (QED) is 0.787. The van der Waals surface area contributed by atoms with E-state index in [4.69, 9.17) is 11.6 Å². The Balaban J connectivity index is 2.80. The maximum absolute atomic E-state index is 11.4. The number of carbonyl (C=O) groups excluding carboxylic acids is 1. The van der Waals surface area contributed by atoms with Crippen molar-refractivity contribution in [1.82, 2.24) is 0 Å². The predicted molar refractivity (Wildman–Crippen MR) is 92.6 cm³/mol. The average molecular weight is 343 g/mol. The molecule has 0 amide bonds. The fraction of sp³-hybridized carbons (Fsp3) is 0.529. The topological polar surface area (TPSA) is 54.4 Å². The van der Waals surface area contributed by atoms with Gasteiger partial charge in [0.2, 0.25) is 0 Å². The summed E-state index contributed by atoms with van der Waals surface area (Å²) in [5, 5.41) is 9.90. The van der Waals surface area contributed by atoms with Gasteiger partial charge in [-0.05, 0) is 49.3 Å². The summed E-state index contributed by atoms with van der Waals surface area (Å²) in [6.45, 7) is 7.27. The largest absolute Gasteiger partial charge is 0.480 e. The van der Waals surface area contributed by atoms with E-state index in [1.165, 1.54) is 6.92 Å². The molecule has 0 fully saturated rings. The van der Waals surface area contributed by atoms with Crippen molar-refractivity contribution in [3.05, 3.63) is 34.3 Å². The number of halogens is 1. The number of hydrogen-bond acceptors (Lipinski definition) is 3. The number of carboxylic acids is 1. The van der Waals surface area contributed by atoms with E-state index in [1.807, 2.05) is 18.2 Å². The summed E-state index contributed by atoms with van der Waals surface area (Å²) in [5.74, 6) is -0.430. The first-order valence-corrected chi connectivity index (χ1v) is 8.54. The lowest BCUT2D eigenvalue weighted by Gasteiger charge is -2.22. The summed E-state index contributed by atoms with van der Waals surface area (Å²) in [4.78, 5) is 22.7. The molecular weight excluding hydrogens is 320 g/mol. The molecule has 0 aliphatic carbocycles. The Morgan fingerprint density at radius 2 is 2.00 bits per heavy atom. The highest BCUT2D eigenvalue weighted by atomic mass is 35.5. The molecule has 0 radical (unpaired) electrons. The molecule has 5 heteroatoms. The molecule has 1 unspecified atom stereocenters. The Morgan fingerprint density at radius 1 is 1.36 bits per heavy atom. The van der Waals surface area contributed by atoms with E-state index in [2.05, 4.69) is 13.8 Å². The van der Waals surface area contributed by atoms with Crippen LogP contribution in [0.2, 0.25) is 5.02 Å². The third-order valence-corrected chi connectivity index (χ3v) is 4.93. The molecule has 1 rings (SSSR count). The molecule has 122 valence electrons. The number of aliphatic carboxylic acids is 1. The first kappa shape index (κ1) is 19.0. The van der Waals surface area contributed by atoms with Gasteiger partial charge in [-0.2, -0.15) is 0 Å². The SMILES string of the molecule is CC(=O)SC(C)(CCc1ccc(CC(C)C)c(Cl)c1)C(=O)O. The van der Waals surface area contributed by atoms with E-state index in [-0.39, 0.29) is 5.12 Å². The molecule has 1 N–H and O–H groups in total. The van der Waals surface area contributed by atoms with Gasteiger partial charge in [0, 0.05) is 11.9 Å². The van der Waals surface area contributed by atoms with Crippen molar-refractivity contribution in [2.24, 2.45) is 5.92 Å². The molecule has 0 aromatic heterocycles. The summed E-state index contributed by atoms with van der Waals surface area (Å²) >= 11 is 7.17. The van der Waals surface area contributed by atoms with Gasteiger partial charge in [0.15, 0.2) is 5.12 Å². The first-order chi connectivity index (χ1) is 10.1. The van der Waals surface area contributed by atoms with E-state index < -0.39 is 10.7 Å². The second kappa shape index (κ2) is 8.02. The first-order valence-electron chi connectivity index (χ1n) is 7.34. The van der Waals surface area contributed by atoms with Crippen molar-refractivity contribution in [2.45, 2.75) is 51.7 Å². The van der Waals surface area contributed by atoms with Crippen molar-refractivity contribution < 1.29 is 14.7 Å². The molecule has 0 saturated carbocycles. The molecule has 1 aromatic rings. The molecular formula is C17H23ClO3S. The minimum atomic E-state index is -1.10. The average Bonchev–Trinajstić information content (AvgIpc) is 2.38. The lowest BCUT2D eigenvalue weighted by Crippen LogP contribution is -2.33. The molecule has 22 heavy (non-hydrogen) atoms. The molecule has 0 aliphatic rings. The summed E-state index contributed by atoms with van der Waals surface area (Å²) < 4.78 is -1.10. The zero-order valence-corrected chi connectivity index (χ0v) is 15.1. The van der Waals surface area contributed by atoms with Crippen LogP contribution in [-0.2, 0) is 22.4 Å². The summed E-state index contributed by atoms with van der Waals surface area (Å²) in [5.41, 5.74) is 2.11. The maximum atomic E-state index is 11.4. The highest BCUT2D eigenvalue weighted by Gasteiger charge is 2.35. The van der Waals surface area contributed by atoms with Gasteiger partial charge in [0.1, 0.15) is 4.75 Å². The van der Waals surface area contributed by atoms with Crippen LogP contribution in [-0.4, -0.2) is 20.9 Å². The number of rotatable bonds is 7. The van der Waals surface area contributed by atoms with Gasteiger partial charge < -0.3 is 5.11 Å². The highest BCUT2D eigenvalue weighted by molar-refractivity contribution is 8.15. The zero-order chi connectivity index (χ0) is 16.9. The van der Waals surface area contributed by atoms with Gasteiger partial charge in [-0.25, -0.2) is 0 Å². The molecule has 0 spiro atoms. The van der Waals surface area contributed by atoms with Crippen LogP contribution in [0.3, 0.4) is 0 Å². The van der Waals surface area contributed by atoms with Gasteiger partial charge in [-0.15, -0.1) is 0 Å². The van der Waals surface area contributed by atoms with E-state index in [0.717, 1.165) is 34.3 Å². The third-order valence-electron chi connectivity index (χ3n) is 3.46. The van der Waals surface area contributed by atoms with Crippen LogP contribution < -0.4 is 0 Å². The molecule has 0 heterocycles.